The van der Waals surface area contributed by atoms with Crippen LogP contribution in [-0.4, -0.2) is 11.3 Å². The van der Waals surface area contributed by atoms with Crippen LogP contribution >= 0.6 is 0 Å². The van der Waals surface area contributed by atoms with Crippen LogP contribution in [-0.2, 0) is 4.79 Å². The molecule has 88 valence electrons. The van der Waals surface area contributed by atoms with Gasteiger partial charge in [0.15, 0.2) is 0 Å². The van der Waals surface area contributed by atoms with E-state index in [0.717, 1.165) is 25.7 Å². The Kier molecular flexibility index (Phi) is 5.30. The lowest BCUT2D eigenvalue weighted by Crippen LogP contribution is -2.38. The van der Waals surface area contributed by atoms with Crippen LogP contribution in [0.2, 0.25) is 0 Å². The second-order valence-electron chi connectivity index (χ2n) is 5.10. The molecule has 0 amide bonds. The molecule has 0 saturated heterocycles. The second-order valence-corrected chi connectivity index (χ2v) is 5.10. The number of ketones is 1. The third-order valence-electron chi connectivity index (χ3n) is 3.46. The first-order valence-corrected chi connectivity index (χ1v) is 6.47. The van der Waals surface area contributed by atoms with Gasteiger partial charge in [-0.15, -0.1) is 0 Å². The molecular formula is C13H25NO. The molecule has 0 aromatic rings. The van der Waals surface area contributed by atoms with Gasteiger partial charge < -0.3 is 5.73 Å². The highest BCUT2D eigenvalue weighted by Gasteiger charge is 2.31. The normalized spacial score (nSPS) is 19.3. The average Bonchev–Trinajstić information content (AvgIpc) is 2.59. The molecule has 15 heavy (non-hydrogen) atoms. The van der Waals surface area contributed by atoms with Gasteiger partial charge in [-0.3, -0.25) is 4.79 Å². The van der Waals surface area contributed by atoms with Crippen molar-refractivity contribution in [3.63, 3.8) is 0 Å². The van der Waals surface area contributed by atoms with Crippen LogP contribution in [0.25, 0.3) is 0 Å². The van der Waals surface area contributed by atoms with Gasteiger partial charge in [-0.1, -0.05) is 39.0 Å². The average molecular weight is 211 g/mol. The predicted molar refractivity (Wildman–Crippen MR) is 63.8 cm³/mol. The van der Waals surface area contributed by atoms with Crippen LogP contribution < -0.4 is 5.73 Å². The van der Waals surface area contributed by atoms with E-state index in [1.54, 1.807) is 0 Å². The van der Waals surface area contributed by atoms with E-state index < -0.39 is 0 Å². The highest BCUT2D eigenvalue weighted by molar-refractivity contribution is 5.79. The summed E-state index contributed by atoms with van der Waals surface area (Å²) < 4.78 is 0. The van der Waals surface area contributed by atoms with Crippen molar-refractivity contribution in [3.05, 3.63) is 0 Å². The van der Waals surface area contributed by atoms with Crippen molar-refractivity contribution < 1.29 is 4.79 Å². The van der Waals surface area contributed by atoms with Crippen molar-refractivity contribution in [2.24, 2.45) is 5.73 Å². The number of hydrogen-bond donors (Lipinski definition) is 1. The molecule has 2 heteroatoms. The molecule has 0 aromatic heterocycles. The molecule has 1 rings (SSSR count). The van der Waals surface area contributed by atoms with E-state index >= 15 is 0 Å². The Bertz CT molecular complexity index is 195. The van der Waals surface area contributed by atoms with E-state index in [2.05, 4.69) is 6.92 Å². The summed E-state index contributed by atoms with van der Waals surface area (Å²) in [6.45, 7) is 2.19. The maximum Gasteiger partial charge on any atom is 0.134 e. The first-order chi connectivity index (χ1) is 7.16. The summed E-state index contributed by atoms with van der Waals surface area (Å²) in [5, 5.41) is 0. The Balaban J connectivity index is 2.12. The van der Waals surface area contributed by atoms with Gasteiger partial charge in [-0.05, 0) is 19.3 Å². The van der Waals surface area contributed by atoms with Crippen molar-refractivity contribution in [1.29, 1.82) is 0 Å². The molecule has 0 atom stereocenters. The molecule has 1 aliphatic carbocycles. The molecule has 1 fully saturated rings. The molecule has 0 spiro atoms. The van der Waals surface area contributed by atoms with Gasteiger partial charge in [0, 0.05) is 18.4 Å². The van der Waals surface area contributed by atoms with Crippen LogP contribution in [0, 0.1) is 0 Å². The molecule has 2 nitrogen and oxygen atoms in total. The minimum absolute atomic E-state index is 0.137. The number of nitrogens with two attached hydrogens (primary N) is 1. The van der Waals surface area contributed by atoms with Gasteiger partial charge in [-0.25, -0.2) is 0 Å². The topological polar surface area (TPSA) is 43.1 Å². The fourth-order valence-electron chi connectivity index (χ4n) is 2.49. The summed E-state index contributed by atoms with van der Waals surface area (Å²) in [4.78, 5) is 11.7. The zero-order valence-electron chi connectivity index (χ0n) is 10.1. The highest BCUT2D eigenvalue weighted by atomic mass is 16.1. The first-order valence-electron chi connectivity index (χ1n) is 6.47. The molecule has 0 aliphatic heterocycles. The molecule has 0 radical (unpaired) electrons. The zero-order valence-corrected chi connectivity index (χ0v) is 10.1. The smallest absolute Gasteiger partial charge is 0.134 e. The van der Waals surface area contributed by atoms with Crippen molar-refractivity contribution in [2.45, 2.75) is 76.7 Å². The van der Waals surface area contributed by atoms with Crippen molar-refractivity contribution in [1.82, 2.24) is 0 Å². The summed E-state index contributed by atoms with van der Waals surface area (Å²) in [5.74, 6) is 0.385. The summed E-state index contributed by atoms with van der Waals surface area (Å²) in [7, 11) is 0. The quantitative estimate of drug-likeness (QED) is 0.657. The molecule has 0 bridgehead atoms. The molecule has 2 N–H and O–H groups in total. The number of hydrogen-bond acceptors (Lipinski definition) is 2. The lowest BCUT2D eigenvalue weighted by atomic mass is 9.90. The molecule has 0 unspecified atom stereocenters. The second kappa shape index (κ2) is 6.26. The fourth-order valence-corrected chi connectivity index (χ4v) is 2.49. The van der Waals surface area contributed by atoms with Crippen LogP contribution in [0.15, 0.2) is 0 Å². The Morgan fingerprint density at radius 2 is 1.87 bits per heavy atom. The highest BCUT2D eigenvalue weighted by Crippen LogP contribution is 2.30. The number of carbonyl (C=O) groups is 1. The third-order valence-corrected chi connectivity index (χ3v) is 3.46. The summed E-state index contributed by atoms with van der Waals surface area (Å²) in [6.07, 6.45) is 10.6. The lowest BCUT2D eigenvalue weighted by Gasteiger charge is -2.22. The lowest BCUT2D eigenvalue weighted by molar-refractivity contribution is -0.120. The van der Waals surface area contributed by atoms with Crippen LogP contribution in [0.1, 0.15) is 71.1 Å². The van der Waals surface area contributed by atoms with Crippen LogP contribution in [0.4, 0.5) is 0 Å². The zero-order chi connectivity index (χ0) is 11.1. The predicted octanol–water partition coefficient (Wildman–Crippen LogP) is 3.19. The van der Waals surface area contributed by atoms with Gasteiger partial charge in [0.25, 0.3) is 0 Å². The number of Topliss-reactive ketones (excluding diaryl/α,β-unsaturated/α-hetero) is 1. The monoisotopic (exact) mass is 211 g/mol. The van der Waals surface area contributed by atoms with Crippen LogP contribution in [0.5, 0.6) is 0 Å². The molecule has 0 heterocycles. The maximum absolute atomic E-state index is 11.7. The van der Waals surface area contributed by atoms with Gasteiger partial charge in [-0.2, -0.15) is 0 Å². The number of unbranched alkanes of at least 4 members (excludes halogenated alkanes) is 3. The fraction of sp³-hybridized carbons (Fsp3) is 0.923. The summed E-state index contributed by atoms with van der Waals surface area (Å²) in [5.41, 5.74) is 6.03. The summed E-state index contributed by atoms with van der Waals surface area (Å²) >= 11 is 0. The van der Waals surface area contributed by atoms with E-state index in [9.17, 15) is 4.79 Å². The Morgan fingerprint density at radius 1 is 1.20 bits per heavy atom. The van der Waals surface area contributed by atoms with Crippen molar-refractivity contribution in [2.75, 3.05) is 0 Å². The van der Waals surface area contributed by atoms with Crippen molar-refractivity contribution >= 4 is 5.78 Å². The van der Waals surface area contributed by atoms with E-state index in [1.807, 2.05) is 0 Å². The molecule has 1 saturated carbocycles. The number of carbonyl (C=O) groups excluding carboxylic acids is 1. The standard InChI is InChI=1S/C13H25NO/c1-2-3-4-5-8-12(15)11-13(14)9-6-7-10-13/h2-11,14H2,1H3. The van der Waals surface area contributed by atoms with Crippen LogP contribution in [0.3, 0.4) is 0 Å². The Labute approximate surface area is 93.6 Å². The van der Waals surface area contributed by atoms with Gasteiger partial charge in [0.1, 0.15) is 5.78 Å². The SMILES string of the molecule is CCCCCCC(=O)CC1(N)CCCC1. The van der Waals surface area contributed by atoms with E-state index in [-0.39, 0.29) is 5.54 Å². The van der Waals surface area contributed by atoms with Gasteiger partial charge in [0.2, 0.25) is 0 Å². The van der Waals surface area contributed by atoms with E-state index in [1.165, 1.54) is 32.1 Å². The Morgan fingerprint density at radius 3 is 2.47 bits per heavy atom. The largest absolute Gasteiger partial charge is 0.325 e. The molecular weight excluding hydrogens is 186 g/mol. The first kappa shape index (κ1) is 12.7. The van der Waals surface area contributed by atoms with Gasteiger partial charge >= 0.3 is 0 Å². The van der Waals surface area contributed by atoms with E-state index in [4.69, 9.17) is 5.73 Å². The summed E-state index contributed by atoms with van der Waals surface area (Å²) in [6, 6.07) is 0. The maximum atomic E-state index is 11.7. The minimum Gasteiger partial charge on any atom is -0.325 e. The van der Waals surface area contributed by atoms with Gasteiger partial charge in [0.05, 0.1) is 0 Å². The molecule has 0 aromatic carbocycles. The van der Waals surface area contributed by atoms with E-state index in [0.29, 0.717) is 12.2 Å². The number of rotatable bonds is 7. The minimum atomic E-state index is -0.137. The molecule has 1 aliphatic rings. The third kappa shape index (κ3) is 4.78. The van der Waals surface area contributed by atoms with Crippen molar-refractivity contribution in [3.8, 4) is 0 Å². The Hall–Kier alpha value is -0.370.